The summed E-state index contributed by atoms with van der Waals surface area (Å²) in [4.78, 5) is 41.2. The Hall–Kier alpha value is -6.53. The smallest absolute Gasteiger partial charge is 0.335 e. The van der Waals surface area contributed by atoms with Gasteiger partial charge in [0.05, 0.1) is 40.1 Å². The van der Waals surface area contributed by atoms with Crippen molar-refractivity contribution in [3.05, 3.63) is 155 Å². The summed E-state index contributed by atoms with van der Waals surface area (Å²) in [7, 11) is -2.20. The van der Waals surface area contributed by atoms with Crippen molar-refractivity contribution in [2.45, 2.75) is 143 Å². The van der Waals surface area contributed by atoms with Crippen molar-refractivity contribution in [2.75, 3.05) is 13.2 Å². The molecule has 4 aromatic carbocycles. The molecule has 0 aliphatic heterocycles. The molecule has 8 aromatic rings. The second-order valence-electron chi connectivity index (χ2n) is 23.5. The van der Waals surface area contributed by atoms with Gasteiger partial charge < -0.3 is 14.6 Å². The van der Waals surface area contributed by atoms with E-state index in [2.05, 4.69) is 179 Å². The largest absolute Gasteiger partial charge is 0.478 e. The molecule has 15 heteroatoms. The third-order valence-corrected chi connectivity index (χ3v) is 16.3. The summed E-state index contributed by atoms with van der Waals surface area (Å²) in [6.07, 6.45) is 9.04. The van der Waals surface area contributed by atoms with Crippen LogP contribution in [-0.4, -0.2) is 85.7 Å². The van der Waals surface area contributed by atoms with E-state index in [1.54, 1.807) is 29.5 Å². The van der Waals surface area contributed by atoms with Gasteiger partial charge in [0.2, 0.25) is 0 Å². The molecule has 4 heterocycles. The summed E-state index contributed by atoms with van der Waals surface area (Å²) in [5, 5.41) is 19.5. The number of benzene rings is 4. The van der Waals surface area contributed by atoms with Crippen LogP contribution in [0.4, 0.5) is 0 Å². The van der Waals surface area contributed by atoms with E-state index < -0.39 is 22.1 Å². The van der Waals surface area contributed by atoms with Crippen molar-refractivity contribution in [3.63, 3.8) is 0 Å². The minimum atomic E-state index is -1.13. The Labute approximate surface area is 446 Å². The average Bonchev–Trinajstić information content (AvgIpc) is 3.99. The van der Waals surface area contributed by atoms with Gasteiger partial charge in [-0.15, -0.1) is 0 Å². The van der Waals surface area contributed by atoms with Crippen LogP contribution in [0.3, 0.4) is 0 Å². The van der Waals surface area contributed by atoms with Crippen LogP contribution in [0.25, 0.3) is 44.6 Å². The van der Waals surface area contributed by atoms with Gasteiger partial charge in [-0.1, -0.05) is 173 Å². The zero-order valence-electron chi connectivity index (χ0n) is 46.6. The van der Waals surface area contributed by atoms with Crippen LogP contribution in [0.15, 0.2) is 122 Å². The highest BCUT2D eigenvalue weighted by Crippen LogP contribution is 2.28. The van der Waals surface area contributed by atoms with Crippen molar-refractivity contribution in [2.24, 2.45) is 0 Å². The highest BCUT2D eigenvalue weighted by molar-refractivity contribution is 6.76. The summed E-state index contributed by atoms with van der Waals surface area (Å²) in [5.41, 5.74) is 11.5. The Bertz CT molecular complexity index is 3110. The number of hydrogen-bond acceptors (Lipinski definition) is 10. The molecule has 0 aliphatic carbocycles. The maximum Gasteiger partial charge on any atom is 0.335 e. The predicted octanol–water partition coefficient (Wildman–Crippen LogP) is 14.0. The van der Waals surface area contributed by atoms with Gasteiger partial charge in [-0.2, -0.15) is 10.2 Å². The number of ether oxygens (including phenoxy) is 2. The number of hydrogen-bond donors (Lipinski definition) is 1. The SMILES string of the molecule is CC(C)(C)c1ccc(C(=O)CCc2ccc(-c3ncnc4c3cnn4COCC[Si](C)(C)C)cc2)cc1.CC(C)(C)c1ccc(C(=O)O)cc1.CCc1ccc(-c2ncnc3c2cnn3COCC[Si](C)(C)C)cc1. The fourth-order valence-electron chi connectivity index (χ4n) is 7.89. The zero-order chi connectivity index (χ0) is 54.6. The second kappa shape index (κ2) is 25.3. The van der Waals surface area contributed by atoms with Crippen molar-refractivity contribution < 1.29 is 24.2 Å². The fraction of sp³-hybridized carbons (Fsp3) is 0.400. The van der Waals surface area contributed by atoms with E-state index in [9.17, 15) is 9.59 Å². The van der Waals surface area contributed by atoms with Crippen molar-refractivity contribution >= 4 is 50.0 Å². The first kappa shape index (κ1) is 57.7. The molecule has 75 heavy (non-hydrogen) atoms. The molecule has 0 bridgehead atoms. The molecule has 0 radical (unpaired) electrons. The molecule has 4 aromatic heterocycles. The van der Waals surface area contributed by atoms with E-state index in [4.69, 9.17) is 14.6 Å². The Kier molecular flexibility index (Phi) is 19.5. The van der Waals surface area contributed by atoms with E-state index in [0.29, 0.717) is 31.9 Å². The summed E-state index contributed by atoms with van der Waals surface area (Å²) in [6.45, 7) is 31.4. The number of fused-ring (bicyclic) bond motifs is 2. The molecule has 8 rings (SSSR count). The number of rotatable bonds is 18. The topological polar surface area (TPSA) is 160 Å². The van der Waals surface area contributed by atoms with E-state index in [-0.39, 0.29) is 16.6 Å². The summed E-state index contributed by atoms with van der Waals surface area (Å²) in [6, 6.07) is 34.1. The van der Waals surface area contributed by atoms with Crippen LogP contribution < -0.4 is 0 Å². The number of aryl methyl sites for hydroxylation is 2. The molecule has 0 atom stereocenters. The zero-order valence-corrected chi connectivity index (χ0v) is 48.6. The molecular formula is C60H78N8O5Si2. The maximum atomic E-state index is 12.7. The van der Waals surface area contributed by atoms with E-state index >= 15 is 0 Å². The number of ketones is 1. The third-order valence-electron chi connectivity index (χ3n) is 12.9. The fourth-order valence-corrected chi connectivity index (χ4v) is 9.41. The molecule has 13 nitrogen and oxygen atoms in total. The summed E-state index contributed by atoms with van der Waals surface area (Å²) < 4.78 is 15.3. The number of aromatic nitrogens is 8. The third kappa shape index (κ3) is 17.0. The molecule has 0 saturated heterocycles. The number of nitrogens with zero attached hydrogens (tertiary/aromatic N) is 8. The molecule has 0 amide bonds. The van der Waals surface area contributed by atoms with Gasteiger partial charge in [-0.3, -0.25) is 4.79 Å². The van der Waals surface area contributed by atoms with Gasteiger partial charge in [-0.25, -0.2) is 34.1 Å². The van der Waals surface area contributed by atoms with E-state index in [0.717, 1.165) is 93.0 Å². The van der Waals surface area contributed by atoms with Gasteiger partial charge in [0, 0.05) is 52.5 Å². The Morgan fingerprint density at radius 3 is 1.32 bits per heavy atom. The van der Waals surface area contributed by atoms with Gasteiger partial charge in [0.25, 0.3) is 0 Å². The van der Waals surface area contributed by atoms with Crippen molar-refractivity contribution in [1.29, 1.82) is 0 Å². The first-order chi connectivity index (χ1) is 35.4. The molecule has 0 saturated carbocycles. The monoisotopic (exact) mass is 1050 g/mol. The average molecular weight is 1050 g/mol. The Morgan fingerprint density at radius 2 is 0.947 bits per heavy atom. The van der Waals surface area contributed by atoms with Crippen LogP contribution in [0.2, 0.25) is 51.4 Å². The quantitative estimate of drug-likeness (QED) is 0.0495. The Balaban J connectivity index is 0.000000206. The number of carbonyl (C=O) groups is 2. The van der Waals surface area contributed by atoms with Crippen LogP contribution in [0.5, 0.6) is 0 Å². The van der Waals surface area contributed by atoms with E-state index in [1.165, 1.54) is 11.1 Å². The molecule has 0 spiro atoms. The van der Waals surface area contributed by atoms with Crippen LogP contribution in [0, 0.1) is 0 Å². The van der Waals surface area contributed by atoms with Gasteiger partial charge in [-0.05, 0) is 70.1 Å². The second-order valence-corrected chi connectivity index (χ2v) is 34.8. The van der Waals surface area contributed by atoms with Gasteiger partial charge >= 0.3 is 5.97 Å². The molecule has 1 N–H and O–H groups in total. The van der Waals surface area contributed by atoms with Crippen LogP contribution in [-0.2, 0) is 46.6 Å². The minimum absolute atomic E-state index is 0.0804. The van der Waals surface area contributed by atoms with E-state index in [1.807, 2.05) is 41.3 Å². The predicted molar refractivity (Wildman–Crippen MR) is 309 cm³/mol. The van der Waals surface area contributed by atoms with Gasteiger partial charge in [0.1, 0.15) is 26.1 Å². The highest BCUT2D eigenvalue weighted by Gasteiger charge is 2.18. The van der Waals surface area contributed by atoms with Crippen LogP contribution >= 0.6 is 0 Å². The normalized spacial score (nSPS) is 12.0. The number of aromatic carboxylic acids is 1. The number of carbonyl (C=O) groups excluding carboxylic acids is 1. The minimum Gasteiger partial charge on any atom is -0.478 e. The first-order valence-corrected chi connectivity index (χ1v) is 33.5. The number of carboxylic acids is 1. The van der Waals surface area contributed by atoms with Crippen molar-refractivity contribution in [1.82, 2.24) is 39.5 Å². The molecule has 0 aliphatic rings. The van der Waals surface area contributed by atoms with Gasteiger partial charge in [0.15, 0.2) is 17.1 Å². The Morgan fingerprint density at radius 1 is 0.547 bits per heavy atom. The lowest BCUT2D eigenvalue weighted by atomic mass is 9.86. The lowest BCUT2D eigenvalue weighted by Crippen LogP contribution is -2.22. The lowest BCUT2D eigenvalue weighted by molar-refractivity contribution is 0.0696. The molecule has 0 unspecified atom stereocenters. The summed E-state index contributed by atoms with van der Waals surface area (Å²) >= 11 is 0. The number of Topliss-reactive ketones (excluding diaryl/α,β-unsaturated/α-hetero) is 1. The lowest BCUT2D eigenvalue weighted by Gasteiger charge is -2.19. The molecule has 396 valence electrons. The first-order valence-electron chi connectivity index (χ1n) is 26.0. The van der Waals surface area contributed by atoms with Crippen LogP contribution in [0.1, 0.15) is 97.9 Å². The maximum absolute atomic E-state index is 12.7. The van der Waals surface area contributed by atoms with Crippen molar-refractivity contribution in [3.8, 4) is 22.5 Å². The molecular weight excluding hydrogens is 969 g/mol. The highest BCUT2D eigenvalue weighted by atomic mass is 28.3. The number of carboxylic acid groups (broad SMARTS) is 1. The standard InChI is InChI=1S/C30H38N4O2Si.C19H26N4OSi.C11H14O2/c1-30(2,3)25-14-12-23(13-15-25)27(35)16-9-22-7-10-24(11-8-22)28-26-19-33-34(29(26)32-20-31-28)21-36-17-18-37(4,5)6;1-5-15-6-8-16(9-7-15)18-17-12-22-23(19(17)21-13-20-18)14-24-10-11-25(2,3)4;1-11(2,3)9-6-4-8(5-7-9)10(12)13/h7-8,10-15,19-20H,9,16-18,21H2,1-6H3;6-9,12-13H,5,10-11,14H2,1-4H3;4-7H,1-3H3,(H,12,13). The summed E-state index contributed by atoms with van der Waals surface area (Å²) in [5.74, 6) is -0.706. The molecule has 0 fully saturated rings.